The molecule has 0 spiro atoms. The molecule has 0 aliphatic heterocycles. The highest BCUT2D eigenvalue weighted by Crippen LogP contribution is 2.35. The quantitative estimate of drug-likeness (QED) is 0.105. The lowest BCUT2D eigenvalue weighted by atomic mass is 10.1. The minimum Gasteiger partial charge on any atom is -0.475 e. The summed E-state index contributed by atoms with van der Waals surface area (Å²) < 4.78 is 46.4. The molecule has 14 heteroatoms. The Balaban J connectivity index is 0. The summed E-state index contributed by atoms with van der Waals surface area (Å²) in [5.41, 5.74) is 7.58. The average molecular weight is 510 g/mol. The topological polar surface area (TPSA) is 168 Å². The lowest BCUT2D eigenvalue weighted by Crippen LogP contribution is -2.43. The standard InChI is InChI=1S/C17H37N2O6P.C2HF3O2/c1-2-3-4-5-6-7-8-9-10-11-12-13-14-24-19-17(20)16(18)15-25-26(21,22)23;3-2(4,5)1(6)7/h16H,2-15,18H2,1H3,(H,19,20)(H2,21,22,23);(H,6,7)/t16-;/m0./s1. The van der Waals surface area contributed by atoms with Gasteiger partial charge in [0, 0.05) is 0 Å². The van der Waals surface area contributed by atoms with Crippen LogP contribution in [0.3, 0.4) is 0 Å². The van der Waals surface area contributed by atoms with Crippen LogP contribution < -0.4 is 11.2 Å². The van der Waals surface area contributed by atoms with Gasteiger partial charge in [-0.25, -0.2) is 14.8 Å². The molecule has 0 fully saturated rings. The Bertz CT molecular complexity index is 562. The molecule has 0 saturated heterocycles. The van der Waals surface area contributed by atoms with Crippen molar-refractivity contribution >= 4 is 19.7 Å². The van der Waals surface area contributed by atoms with Crippen molar-refractivity contribution in [1.29, 1.82) is 0 Å². The number of unbranched alkanes of at least 4 members (excludes halogenated alkanes) is 11. The first-order valence-electron chi connectivity index (χ1n) is 11.0. The Hall–Kier alpha value is -1.24. The predicted octanol–water partition coefficient (Wildman–Crippen LogP) is 3.81. The molecule has 0 unspecified atom stereocenters. The number of nitrogens with two attached hydrogens (primary N) is 1. The van der Waals surface area contributed by atoms with Crippen molar-refractivity contribution < 1.29 is 51.6 Å². The van der Waals surface area contributed by atoms with Crippen LogP contribution in [0.15, 0.2) is 0 Å². The molecule has 1 amide bonds. The van der Waals surface area contributed by atoms with E-state index in [1.165, 1.54) is 57.8 Å². The summed E-state index contributed by atoms with van der Waals surface area (Å²) in [6, 6.07) is -1.19. The zero-order chi connectivity index (χ0) is 25.8. The highest BCUT2D eigenvalue weighted by molar-refractivity contribution is 7.46. The number of halogens is 3. The van der Waals surface area contributed by atoms with Gasteiger partial charge in [-0.1, -0.05) is 77.6 Å². The minimum absolute atomic E-state index is 0.384. The number of phosphoric acid groups is 1. The van der Waals surface area contributed by atoms with Crippen LogP contribution in [-0.4, -0.2) is 52.2 Å². The molecular formula is C19H38F3N2O8P. The molecule has 0 radical (unpaired) electrons. The second-order valence-electron chi connectivity index (χ2n) is 7.40. The molecule has 0 aromatic rings. The molecule has 0 aromatic heterocycles. The monoisotopic (exact) mass is 510 g/mol. The summed E-state index contributed by atoms with van der Waals surface area (Å²) in [6.45, 7) is 2.05. The molecule has 0 aromatic carbocycles. The van der Waals surface area contributed by atoms with Crippen molar-refractivity contribution in [2.45, 2.75) is 96.2 Å². The lowest BCUT2D eigenvalue weighted by molar-refractivity contribution is -0.192. The fraction of sp³-hybridized carbons (Fsp3) is 0.895. The van der Waals surface area contributed by atoms with Gasteiger partial charge in [-0.2, -0.15) is 13.2 Å². The highest BCUT2D eigenvalue weighted by Gasteiger charge is 2.38. The molecule has 0 bridgehead atoms. The largest absolute Gasteiger partial charge is 0.490 e. The zero-order valence-corrected chi connectivity index (χ0v) is 19.9. The number of amides is 1. The highest BCUT2D eigenvalue weighted by atomic mass is 31.2. The van der Waals surface area contributed by atoms with Crippen molar-refractivity contribution in [1.82, 2.24) is 5.48 Å². The van der Waals surface area contributed by atoms with E-state index in [0.717, 1.165) is 19.3 Å². The maximum absolute atomic E-state index is 11.5. The van der Waals surface area contributed by atoms with Crippen molar-refractivity contribution in [3.8, 4) is 0 Å². The summed E-state index contributed by atoms with van der Waals surface area (Å²) in [7, 11) is -4.62. The number of hydrogen-bond donors (Lipinski definition) is 5. The van der Waals surface area contributed by atoms with Gasteiger partial charge in [-0.15, -0.1) is 0 Å². The molecule has 0 aliphatic rings. The molecule has 0 aliphatic carbocycles. The van der Waals surface area contributed by atoms with Crippen LogP contribution in [0.1, 0.15) is 84.0 Å². The van der Waals surface area contributed by atoms with Crippen molar-refractivity contribution in [3.05, 3.63) is 0 Å². The van der Waals surface area contributed by atoms with E-state index < -0.39 is 38.5 Å². The van der Waals surface area contributed by atoms with E-state index >= 15 is 0 Å². The fourth-order valence-corrected chi connectivity index (χ4v) is 2.82. The van der Waals surface area contributed by atoms with E-state index in [4.69, 9.17) is 30.3 Å². The van der Waals surface area contributed by atoms with Crippen LogP contribution in [0.4, 0.5) is 13.2 Å². The van der Waals surface area contributed by atoms with Crippen molar-refractivity contribution in [3.63, 3.8) is 0 Å². The number of hydroxylamine groups is 1. The smallest absolute Gasteiger partial charge is 0.475 e. The Morgan fingerprint density at radius 2 is 1.33 bits per heavy atom. The first-order valence-corrected chi connectivity index (χ1v) is 12.5. The second kappa shape index (κ2) is 20.2. The molecule has 10 nitrogen and oxygen atoms in total. The van der Waals surface area contributed by atoms with E-state index in [2.05, 4.69) is 16.9 Å². The summed E-state index contributed by atoms with van der Waals surface area (Å²) in [5, 5.41) is 7.12. The molecule has 0 rings (SSSR count). The van der Waals surface area contributed by atoms with E-state index in [-0.39, 0.29) is 0 Å². The van der Waals surface area contributed by atoms with E-state index in [1.54, 1.807) is 0 Å². The van der Waals surface area contributed by atoms with Crippen LogP contribution in [-0.2, 0) is 23.5 Å². The molecule has 0 saturated carbocycles. The van der Waals surface area contributed by atoms with E-state index in [1.807, 2.05) is 0 Å². The maximum atomic E-state index is 11.5. The van der Waals surface area contributed by atoms with E-state index in [0.29, 0.717) is 6.61 Å². The average Bonchev–Trinajstić information content (AvgIpc) is 2.71. The Morgan fingerprint density at radius 1 is 0.939 bits per heavy atom. The van der Waals surface area contributed by atoms with Crippen LogP contribution in [0.2, 0.25) is 0 Å². The number of nitrogens with one attached hydrogen (secondary N) is 1. The van der Waals surface area contributed by atoms with Gasteiger partial charge in [0.25, 0.3) is 5.91 Å². The third-order valence-corrected chi connectivity index (χ3v) is 4.76. The number of carboxylic acids is 1. The Morgan fingerprint density at radius 3 is 1.70 bits per heavy atom. The van der Waals surface area contributed by atoms with Gasteiger partial charge in [-0.3, -0.25) is 14.2 Å². The molecular weight excluding hydrogens is 472 g/mol. The third-order valence-electron chi connectivity index (χ3n) is 4.27. The number of hydrogen-bond acceptors (Lipinski definition) is 6. The first-order chi connectivity index (χ1) is 15.3. The number of rotatable bonds is 18. The van der Waals surface area contributed by atoms with Gasteiger partial charge in [0.05, 0.1) is 13.2 Å². The van der Waals surface area contributed by atoms with Gasteiger partial charge in [0.15, 0.2) is 0 Å². The fourth-order valence-electron chi connectivity index (χ4n) is 2.47. The number of alkyl halides is 3. The van der Waals surface area contributed by atoms with Crippen molar-refractivity contribution in [2.75, 3.05) is 13.2 Å². The molecule has 198 valence electrons. The van der Waals surface area contributed by atoms with Crippen molar-refractivity contribution in [2.24, 2.45) is 5.73 Å². The molecule has 1 atom stereocenters. The minimum atomic E-state index is -5.08. The van der Waals surface area contributed by atoms with Gasteiger partial charge in [0.2, 0.25) is 0 Å². The van der Waals surface area contributed by atoms with Crippen LogP contribution >= 0.6 is 7.82 Å². The first kappa shape index (κ1) is 33.9. The van der Waals surface area contributed by atoms with Gasteiger partial charge < -0.3 is 20.6 Å². The lowest BCUT2D eigenvalue weighted by Gasteiger charge is -2.12. The normalized spacial score (nSPS) is 12.6. The van der Waals surface area contributed by atoms with Gasteiger partial charge >= 0.3 is 20.0 Å². The maximum Gasteiger partial charge on any atom is 0.490 e. The number of phosphoric ester groups is 1. The summed E-state index contributed by atoms with van der Waals surface area (Å²) in [4.78, 5) is 42.4. The summed E-state index contributed by atoms with van der Waals surface area (Å²) >= 11 is 0. The number of aliphatic carboxylic acids is 1. The molecule has 6 N–H and O–H groups in total. The number of carboxylic acid groups (broad SMARTS) is 1. The van der Waals surface area contributed by atoms with Crippen LogP contribution in [0.25, 0.3) is 0 Å². The molecule has 33 heavy (non-hydrogen) atoms. The number of carbonyl (C=O) groups excluding carboxylic acids is 1. The van der Waals surface area contributed by atoms with Crippen LogP contribution in [0, 0.1) is 0 Å². The Kier molecular flexibility index (Phi) is 20.7. The van der Waals surface area contributed by atoms with Gasteiger partial charge in [0.1, 0.15) is 6.04 Å². The second-order valence-corrected chi connectivity index (χ2v) is 8.64. The zero-order valence-electron chi connectivity index (χ0n) is 19.0. The van der Waals surface area contributed by atoms with Gasteiger partial charge in [-0.05, 0) is 6.42 Å². The number of carbonyl (C=O) groups is 2. The Labute approximate surface area is 192 Å². The molecule has 0 heterocycles. The third kappa shape index (κ3) is 26.9. The summed E-state index contributed by atoms with van der Waals surface area (Å²) in [6.07, 6.45) is 9.86. The van der Waals surface area contributed by atoms with Crippen LogP contribution in [0.5, 0.6) is 0 Å². The van der Waals surface area contributed by atoms with E-state index in [9.17, 15) is 22.5 Å². The SMILES string of the molecule is CCCCCCCCCCCCCCONC(=O)[C@@H](N)COP(=O)(O)O.O=C(O)C(F)(F)F. The predicted molar refractivity (Wildman–Crippen MR) is 115 cm³/mol. The summed E-state index contributed by atoms with van der Waals surface area (Å²) in [5.74, 6) is -3.43.